The van der Waals surface area contributed by atoms with E-state index in [0.717, 1.165) is 18.3 Å². The Morgan fingerprint density at radius 2 is 1.97 bits per heavy atom. The van der Waals surface area contributed by atoms with Gasteiger partial charge in [0.1, 0.15) is 23.3 Å². The fourth-order valence-corrected chi connectivity index (χ4v) is 4.69. The molecule has 0 aliphatic rings. The molecule has 0 unspecified atom stereocenters. The molecule has 0 aliphatic carbocycles. The number of rotatable bonds is 6. The molecular formula is C20H13ClFI2N3O2. The van der Waals surface area contributed by atoms with Crippen LogP contribution < -0.4 is 10.2 Å². The number of pyridine rings is 1. The first-order chi connectivity index (χ1) is 13.9. The van der Waals surface area contributed by atoms with Crippen LogP contribution in [0.4, 0.5) is 4.39 Å². The lowest BCUT2D eigenvalue weighted by molar-refractivity contribution is 0.0955. The first-order valence-electron chi connectivity index (χ1n) is 8.24. The second-order valence-electron chi connectivity index (χ2n) is 5.77. The molecule has 0 radical (unpaired) electrons. The van der Waals surface area contributed by atoms with E-state index in [2.05, 4.69) is 60.7 Å². The first-order valence-corrected chi connectivity index (χ1v) is 10.8. The number of carbonyl (C=O) groups is 1. The third-order valence-electron chi connectivity index (χ3n) is 3.68. The molecule has 2 aromatic carbocycles. The molecule has 0 fully saturated rings. The molecule has 0 saturated heterocycles. The maximum atomic E-state index is 13.3. The maximum absolute atomic E-state index is 13.3. The van der Waals surface area contributed by atoms with Crippen molar-refractivity contribution in [1.82, 2.24) is 10.4 Å². The van der Waals surface area contributed by atoms with Gasteiger partial charge in [-0.05, 0) is 92.7 Å². The van der Waals surface area contributed by atoms with E-state index < -0.39 is 5.91 Å². The molecule has 1 N–H and O–H groups in total. The smallest absolute Gasteiger partial charge is 0.274 e. The third kappa shape index (κ3) is 6.09. The van der Waals surface area contributed by atoms with Gasteiger partial charge in [-0.3, -0.25) is 4.79 Å². The normalized spacial score (nSPS) is 10.9. The molecule has 0 aliphatic heterocycles. The highest BCUT2D eigenvalue weighted by Crippen LogP contribution is 2.29. The SMILES string of the molecule is O=C(NN=Cc1cc(I)c(OCc2cccc(F)c2)c(I)c1)c1cccnc1Cl. The number of hydrazone groups is 1. The number of carbonyl (C=O) groups excluding carboxylic acids is 1. The predicted octanol–water partition coefficient (Wildman–Crippen LogP) is 5.43. The average Bonchev–Trinajstić information content (AvgIpc) is 2.67. The van der Waals surface area contributed by atoms with E-state index in [9.17, 15) is 9.18 Å². The van der Waals surface area contributed by atoms with Gasteiger partial charge in [0, 0.05) is 6.20 Å². The Labute approximate surface area is 199 Å². The van der Waals surface area contributed by atoms with Gasteiger partial charge in [-0.2, -0.15) is 5.10 Å². The van der Waals surface area contributed by atoms with E-state index in [-0.39, 0.29) is 23.1 Å². The molecule has 0 saturated carbocycles. The lowest BCUT2D eigenvalue weighted by atomic mass is 10.2. The summed E-state index contributed by atoms with van der Waals surface area (Å²) in [4.78, 5) is 15.9. The molecule has 0 spiro atoms. The number of aromatic nitrogens is 1. The molecule has 3 rings (SSSR count). The van der Waals surface area contributed by atoms with Gasteiger partial charge in [0.05, 0.1) is 18.9 Å². The minimum atomic E-state index is -0.446. The van der Waals surface area contributed by atoms with Crippen LogP contribution in [0.3, 0.4) is 0 Å². The zero-order chi connectivity index (χ0) is 20.8. The van der Waals surface area contributed by atoms with Crippen LogP contribution >= 0.6 is 56.8 Å². The van der Waals surface area contributed by atoms with E-state index in [0.29, 0.717) is 5.75 Å². The topological polar surface area (TPSA) is 63.6 Å². The number of amides is 1. The van der Waals surface area contributed by atoms with Crippen LogP contribution in [0.2, 0.25) is 5.15 Å². The summed E-state index contributed by atoms with van der Waals surface area (Å²) in [6, 6.07) is 13.2. The van der Waals surface area contributed by atoms with E-state index in [4.69, 9.17) is 16.3 Å². The lowest BCUT2D eigenvalue weighted by Crippen LogP contribution is -2.18. The van der Waals surface area contributed by atoms with Gasteiger partial charge >= 0.3 is 0 Å². The average molecular weight is 636 g/mol. The second kappa shape index (κ2) is 10.3. The highest BCUT2D eigenvalue weighted by Gasteiger charge is 2.11. The number of nitrogens with zero attached hydrogens (tertiary/aromatic N) is 2. The number of nitrogens with one attached hydrogen (secondary N) is 1. The Kier molecular flexibility index (Phi) is 7.78. The van der Waals surface area contributed by atoms with Crippen LogP contribution in [0, 0.1) is 13.0 Å². The van der Waals surface area contributed by atoms with Gasteiger partial charge in [-0.15, -0.1) is 0 Å². The van der Waals surface area contributed by atoms with Crippen molar-refractivity contribution in [3.05, 3.63) is 89.5 Å². The molecule has 5 nitrogen and oxygen atoms in total. The zero-order valence-corrected chi connectivity index (χ0v) is 19.8. The van der Waals surface area contributed by atoms with Crippen molar-refractivity contribution in [1.29, 1.82) is 0 Å². The molecule has 1 heterocycles. The molecule has 0 bridgehead atoms. The van der Waals surface area contributed by atoms with Crippen molar-refractivity contribution >= 4 is 68.9 Å². The minimum Gasteiger partial charge on any atom is -0.487 e. The zero-order valence-electron chi connectivity index (χ0n) is 14.7. The number of halogens is 4. The summed E-state index contributed by atoms with van der Waals surface area (Å²) in [7, 11) is 0. The molecular weight excluding hydrogens is 622 g/mol. The van der Waals surface area contributed by atoms with E-state index in [1.807, 2.05) is 12.1 Å². The molecule has 1 aromatic heterocycles. The van der Waals surface area contributed by atoms with Gasteiger partial charge in [0.25, 0.3) is 5.91 Å². The van der Waals surface area contributed by atoms with Gasteiger partial charge in [-0.1, -0.05) is 23.7 Å². The van der Waals surface area contributed by atoms with Crippen molar-refractivity contribution in [2.45, 2.75) is 6.61 Å². The number of benzene rings is 2. The summed E-state index contributed by atoms with van der Waals surface area (Å²) in [6.07, 6.45) is 3.03. The molecule has 29 heavy (non-hydrogen) atoms. The molecule has 0 atom stereocenters. The monoisotopic (exact) mass is 635 g/mol. The summed E-state index contributed by atoms with van der Waals surface area (Å²) >= 11 is 10.2. The highest BCUT2D eigenvalue weighted by atomic mass is 127. The number of ether oxygens (including phenoxy) is 1. The summed E-state index contributed by atoms with van der Waals surface area (Å²) in [6.45, 7) is 0.263. The molecule has 9 heteroatoms. The van der Waals surface area contributed by atoms with Crippen molar-refractivity contribution in [3.63, 3.8) is 0 Å². The van der Waals surface area contributed by atoms with Gasteiger partial charge in [0.15, 0.2) is 0 Å². The fraction of sp³-hybridized carbons (Fsp3) is 0.0500. The maximum Gasteiger partial charge on any atom is 0.274 e. The van der Waals surface area contributed by atoms with Crippen molar-refractivity contribution in [3.8, 4) is 5.75 Å². The van der Waals surface area contributed by atoms with Crippen molar-refractivity contribution in [2.75, 3.05) is 0 Å². The lowest BCUT2D eigenvalue weighted by Gasteiger charge is -2.11. The van der Waals surface area contributed by atoms with Gasteiger partial charge < -0.3 is 4.74 Å². The van der Waals surface area contributed by atoms with Gasteiger partial charge in [-0.25, -0.2) is 14.8 Å². The fourth-order valence-electron chi connectivity index (χ4n) is 2.36. The minimum absolute atomic E-state index is 0.115. The quantitative estimate of drug-likeness (QED) is 0.170. The van der Waals surface area contributed by atoms with Crippen LogP contribution in [0.25, 0.3) is 0 Å². The molecule has 1 amide bonds. The summed E-state index contributed by atoms with van der Waals surface area (Å²) < 4.78 is 20.9. The van der Waals surface area contributed by atoms with Crippen molar-refractivity contribution < 1.29 is 13.9 Å². The van der Waals surface area contributed by atoms with Crippen molar-refractivity contribution in [2.24, 2.45) is 5.10 Å². The second-order valence-corrected chi connectivity index (χ2v) is 8.46. The van der Waals surface area contributed by atoms with E-state index in [1.54, 1.807) is 24.3 Å². The Hall–Kier alpha value is -1.79. The van der Waals surface area contributed by atoms with Gasteiger partial charge in [0.2, 0.25) is 0 Å². The number of hydrogen-bond donors (Lipinski definition) is 1. The van der Waals surface area contributed by atoms with E-state index >= 15 is 0 Å². The summed E-state index contributed by atoms with van der Waals surface area (Å²) in [5.74, 6) is -0.0331. The molecule has 3 aromatic rings. The van der Waals surface area contributed by atoms with Crippen LogP contribution in [0.1, 0.15) is 21.5 Å². The first kappa shape index (κ1) is 21.9. The summed E-state index contributed by atoms with van der Waals surface area (Å²) in [5.41, 5.74) is 4.21. The van der Waals surface area contributed by atoms with Crippen LogP contribution in [-0.2, 0) is 6.61 Å². The Morgan fingerprint density at radius 1 is 1.21 bits per heavy atom. The van der Waals surface area contributed by atoms with E-state index in [1.165, 1.54) is 24.5 Å². The van der Waals surface area contributed by atoms with Crippen LogP contribution in [0.15, 0.2) is 59.8 Å². The number of hydrogen-bond acceptors (Lipinski definition) is 4. The Balaban J connectivity index is 1.66. The Morgan fingerprint density at radius 3 is 2.66 bits per heavy atom. The summed E-state index contributed by atoms with van der Waals surface area (Å²) in [5, 5.41) is 4.09. The molecule has 148 valence electrons. The largest absolute Gasteiger partial charge is 0.487 e. The Bertz CT molecular complexity index is 1060. The van der Waals surface area contributed by atoms with Crippen LogP contribution in [0.5, 0.6) is 5.75 Å². The highest BCUT2D eigenvalue weighted by molar-refractivity contribution is 14.1. The standard InChI is InChI=1S/C20H13ClFI2N3O2/c21-19-15(5-2-6-25-19)20(28)27-26-10-13-8-16(23)18(17(24)9-13)29-11-12-3-1-4-14(22)7-12/h1-10H,11H2,(H,27,28). The van der Waals surface area contributed by atoms with Crippen LogP contribution in [-0.4, -0.2) is 17.1 Å². The predicted molar refractivity (Wildman–Crippen MR) is 127 cm³/mol. The third-order valence-corrected chi connectivity index (χ3v) is 5.58.